The molecule has 18 heteroatoms. The number of hydrogen-bond donors (Lipinski definition) is 4. The molecule has 75 heavy (non-hydrogen) atoms. The van der Waals surface area contributed by atoms with Gasteiger partial charge in [0.15, 0.2) is 23.8 Å². The average molecular weight is 1030 g/mol. The first kappa shape index (κ1) is 50.7. The molecule has 3 aromatic carbocycles. The minimum Gasteiger partial charge on any atom is -0.436 e. The first-order valence-corrected chi connectivity index (χ1v) is 27.8. The number of nitrogens with two attached hydrogens (primary N) is 2. The van der Waals surface area contributed by atoms with E-state index in [4.69, 9.17) is 30.9 Å². The van der Waals surface area contributed by atoms with E-state index in [1.54, 1.807) is 4.90 Å². The summed E-state index contributed by atoms with van der Waals surface area (Å²) in [5, 5.41) is 0. The molecule has 2 saturated carbocycles. The van der Waals surface area contributed by atoms with Gasteiger partial charge in [-0.05, 0) is 137 Å². The van der Waals surface area contributed by atoms with Gasteiger partial charge in [-0.3, -0.25) is 9.59 Å². The number of anilines is 2. The standard InChI is InChI=1S/C57H72F2N10O6/c1-33-24-28-68(53(71)50(75-56(61)73)35-15-8-4-9-16-35)57(33,2)54-64-42-21-19-37(30-44(42)65-54)46-23-22-45(69(46)38-31-39(58)48(40(59)32-38)66-25-10-5-11-26-66)36-18-20-41-43(29-36)63-51(62-41)47-17-12-27-67(47)52(70)49(74-55(60)72)34-13-6-3-7-14-34/h18-21,29-35,45-47,49-50H,3-17,22-28H2,1-2H3,(H2,60,72)(H2,61,73)(H,62,63)(H,64,65)/t33?,45-,46-,47+,49+,50+,57+/m1/s1. The van der Waals surface area contributed by atoms with E-state index in [2.05, 4.69) is 33.9 Å². The smallest absolute Gasteiger partial charge is 0.405 e. The van der Waals surface area contributed by atoms with Crippen molar-refractivity contribution >= 4 is 57.4 Å². The maximum absolute atomic E-state index is 16.6. The van der Waals surface area contributed by atoms with Crippen LogP contribution >= 0.6 is 0 Å². The fraction of sp³-hybridized carbons (Fsp3) is 0.579. The molecule has 5 aromatic rings. The fourth-order valence-corrected chi connectivity index (χ4v) is 14.1. The molecule has 4 amide bonds. The predicted molar refractivity (Wildman–Crippen MR) is 280 cm³/mol. The lowest BCUT2D eigenvalue weighted by molar-refractivity contribution is -0.149. The molecule has 6 fully saturated rings. The Balaban J connectivity index is 0.914. The molecule has 1 unspecified atom stereocenters. The van der Waals surface area contributed by atoms with Crippen molar-refractivity contribution in [1.29, 1.82) is 0 Å². The summed E-state index contributed by atoms with van der Waals surface area (Å²) in [7, 11) is 0. The van der Waals surface area contributed by atoms with Gasteiger partial charge >= 0.3 is 12.2 Å². The maximum atomic E-state index is 16.6. The Labute approximate surface area is 436 Å². The molecule has 2 aliphatic carbocycles. The first-order valence-electron chi connectivity index (χ1n) is 27.8. The monoisotopic (exact) mass is 1030 g/mol. The zero-order valence-corrected chi connectivity index (χ0v) is 43.3. The summed E-state index contributed by atoms with van der Waals surface area (Å²) < 4.78 is 44.3. The van der Waals surface area contributed by atoms with E-state index in [9.17, 15) is 19.2 Å². The molecule has 6 aliphatic rings. The number of hydrogen-bond acceptors (Lipinski definition) is 10. The number of carbonyl (C=O) groups excluding carboxylic acids is 4. The number of fused-ring (bicyclic) bond motifs is 2. The summed E-state index contributed by atoms with van der Waals surface area (Å²) in [5.41, 5.74) is 15.6. The second-order valence-electron chi connectivity index (χ2n) is 22.6. The molecular weight excluding hydrogens is 959 g/mol. The molecule has 7 atom stereocenters. The van der Waals surface area contributed by atoms with Gasteiger partial charge in [0.05, 0.1) is 40.2 Å². The minimum atomic E-state index is -0.965. The highest BCUT2D eigenvalue weighted by Gasteiger charge is 2.52. The second-order valence-corrected chi connectivity index (χ2v) is 22.6. The summed E-state index contributed by atoms with van der Waals surface area (Å²) in [6.45, 7) is 6.33. The Hall–Kier alpha value is -6.46. The summed E-state index contributed by atoms with van der Waals surface area (Å²) in [6.07, 6.45) is 11.8. The van der Waals surface area contributed by atoms with Crippen molar-refractivity contribution in [2.24, 2.45) is 29.2 Å². The van der Waals surface area contributed by atoms with E-state index in [0.717, 1.165) is 130 Å². The quantitative estimate of drug-likeness (QED) is 0.0929. The first-order chi connectivity index (χ1) is 36.3. The molecule has 16 nitrogen and oxygen atoms in total. The Morgan fingerprint density at radius 1 is 0.627 bits per heavy atom. The van der Waals surface area contributed by atoms with E-state index >= 15 is 8.78 Å². The van der Waals surface area contributed by atoms with Gasteiger partial charge in [0, 0.05) is 43.7 Å². The largest absolute Gasteiger partial charge is 0.436 e. The van der Waals surface area contributed by atoms with Crippen LogP contribution in [0, 0.1) is 29.4 Å². The molecule has 4 saturated heterocycles. The topological polar surface area (TPSA) is 209 Å². The highest BCUT2D eigenvalue weighted by molar-refractivity contribution is 5.86. The van der Waals surface area contributed by atoms with Crippen molar-refractivity contribution < 1.29 is 37.4 Å². The van der Waals surface area contributed by atoms with E-state index in [-0.39, 0.29) is 53.4 Å². The number of nitrogens with one attached hydrogen (secondary N) is 2. The number of aromatic amines is 2. The molecule has 4 aliphatic heterocycles. The van der Waals surface area contributed by atoms with E-state index in [0.29, 0.717) is 62.8 Å². The third-order valence-electron chi connectivity index (χ3n) is 18.2. The molecule has 2 aromatic heterocycles. The summed E-state index contributed by atoms with van der Waals surface area (Å²) >= 11 is 0. The van der Waals surface area contributed by atoms with Gasteiger partial charge in [-0.25, -0.2) is 28.3 Å². The lowest BCUT2D eigenvalue weighted by Crippen LogP contribution is -2.53. The Morgan fingerprint density at radius 2 is 1.17 bits per heavy atom. The van der Waals surface area contributed by atoms with Crippen molar-refractivity contribution in [2.45, 2.75) is 165 Å². The molecule has 6 heterocycles. The number of H-pyrrole nitrogens is 2. The van der Waals surface area contributed by atoms with Gasteiger partial charge < -0.3 is 50.5 Å². The van der Waals surface area contributed by atoms with Crippen LogP contribution in [-0.4, -0.2) is 92.1 Å². The van der Waals surface area contributed by atoms with Crippen LogP contribution < -0.4 is 21.3 Å². The molecule has 0 bridgehead atoms. The summed E-state index contributed by atoms with van der Waals surface area (Å²) in [4.78, 5) is 78.0. The molecular formula is C57H72F2N10O6. The van der Waals surface area contributed by atoms with Crippen molar-refractivity contribution in [2.75, 3.05) is 36.0 Å². The number of benzene rings is 3. The number of nitrogens with zero attached hydrogens (tertiary/aromatic N) is 6. The number of carbonyl (C=O) groups is 4. The predicted octanol–water partition coefficient (Wildman–Crippen LogP) is 10.6. The van der Waals surface area contributed by atoms with Crippen molar-refractivity contribution in [1.82, 2.24) is 29.7 Å². The average Bonchev–Trinajstić information content (AvgIpc) is 4.28. The second kappa shape index (κ2) is 20.9. The fourth-order valence-electron chi connectivity index (χ4n) is 14.1. The van der Waals surface area contributed by atoms with Crippen LogP contribution in [0.15, 0.2) is 48.5 Å². The van der Waals surface area contributed by atoms with E-state index in [1.165, 1.54) is 12.1 Å². The number of piperidine rings is 1. The van der Waals surface area contributed by atoms with Crippen molar-refractivity contribution in [3.8, 4) is 0 Å². The van der Waals surface area contributed by atoms with Gasteiger partial charge in [0.25, 0.3) is 11.8 Å². The van der Waals surface area contributed by atoms with Gasteiger partial charge in [-0.2, -0.15) is 0 Å². The van der Waals surface area contributed by atoms with Crippen LogP contribution in [0.25, 0.3) is 22.1 Å². The lowest BCUT2D eigenvalue weighted by atomic mass is 9.83. The molecule has 6 N–H and O–H groups in total. The highest BCUT2D eigenvalue weighted by atomic mass is 19.1. The van der Waals surface area contributed by atoms with Gasteiger partial charge in [0.2, 0.25) is 0 Å². The number of primary amides is 2. The Bertz CT molecular complexity index is 2920. The highest BCUT2D eigenvalue weighted by Crippen LogP contribution is 2.50. The van der Waals surface area contributed by atoms with Crippen LogP contribution in [0.5, 0.6) is 0 Å². The number of imidazole rings is 2. The number of likely N-dealkylation sites (tertiary alicyclic amines) is 2. The summed E-state index contributed by atoms with van der Waals surface area (Å²) in [6, 6.07) is 14.2. The van der Waals surface area contributed by atoms with E-state index in [1.807, 2.05) is 41.0 Å². The minimum absolute atomic E-state index is 0.0164. The van der Waals surface area contributed by atoms with Crippen LogP contribution in [-0.2, 0) is 24.6 Å². The van der Waals surface area contributed by atoms with E-state index < -0.39 is 41.6 Å². The number of rotatable bonds is 12. The third-order valence-corrected chi connectivity index (χ3v) is 18.2. The van der Waals surface area contributed by atoms with Gasteiger partial charge in [-0.1, -0.05) is 57.6 Å². The van der Waals surface area contributed by atoms with Crippen LogP contribution in [0.2, 0.25) is 0 Å². The number of amides is 4. The maximum Gasteiger partial charge on any atom is 0.405 e. The number of halogens is 2. The molecule has 0 spiro atoms. The van der Waals surface area contributed by atoms with Gasteiger partial charge in [-0.15, -0.1) is 0 Å². The molecule has 0 radical (unpaired) electrons. The number of ether oxygens (including phenoxy) is 2. The number of aromatic nitrogens is 4. The zero-order valence-electron chi connectivity index (χ0n) is 43.3. The normalized spacial score (nSPS) is 25.8. The molecule has 11 rings (SSSR count). The van der Waals surface area contributed by atoms with Crippen LogP contribution in [0.3, 0.4) is 0 Å². The zero-order chi connectivity index (χ0) is 52.1. The Morgan fingerprint density at radius 3 is 1.76 bits per heavy atom. The van der Waals surface area contributed by atoms with Crippen LogP contribution in [0.4, 0.5) is 29.7 Å². The SMILES string of the molecule is CC1CCN(C(=O)[C@@H](OC(N)=O)C2CCCCC2)[C@]1(C)c1nc2ccc([C@H]3CC[C@H](c4ccc5nc([C@@H]6CCCN6C(=O)[C@@H](OC(N)=O)C6CCCCC6)[nH]c5c4)N3c3cc(F)c(N4CCCCC4)c(F)c3)cc2[nH]1. The summed E-state index contributed by atoms with van der Waals surface area (Å²) in [5.74, 6) is -0.544. The van der Waals surface area contributed by atoms with Crippen molar-refractivity contribution in [3.63, 3.8) is 0 Å². The third kappa shape index (κ3) is 9.63. The van der Waals surface area contributed by atoms with Gasteiger partial charge in [0.1, 0.15) is 22.9 Å². The van der Waals surface area contributed by atoms with Crippen LogP contribution in [0.1, 0.15) is 170 Å². The molecule has 400 valence electrons. The van der Waals surface area contributed by atoms with Crippen molar-refractivity contribution in [3.05, 3.63) is 82.9 Å². The lowest BCUT2D eigenvalue weighted by Gasteiger charge is -2.40. The Kier molecular flexibility index (Phi) is 14.1.